The topological polar surface area (TPSA) is 67.6 Å². The van der Waals surface area contributed by atoms with Gasteiger partial charge in [0.15, 0.2) is 6.61 Å². The van der Waals surface area contributed by atoms with Gasteiger partial charge < -0.3 is 20.7 Å². The molecule has 2 rings (SSSR count). The maximum absolute atomic E-state index is 11.8. The Morgan fingerprint density at radius 1 is 1.37 bits per heavy atom. The fraction of sp³-hybridized carbons (Fsp3) is 0.500. The van der Waals surface area contributed by atoms with Crippen LogP contribution in [0.5, 0.6) is 5.75 Å². The average Bonchev–Trinajstić information content (AvgIpc) is 2.97. The number of carbonyl (C=O) groups excluding carboxylic acids is 1. The van der Waals surface area contributed by atoms with E-state index < -0.39 is 0 Å². The fourth-order valence-electron chi connectivity index (χ4n) is 2.12. The van der Waals surface area contributed by atoms with E-state index >= 15 is 0 Å². The van der Waals surface area contributed by atoms with Gasteiger partial charge in [0.1, 0.15) is 5.75 Å². The Kier molecular flexibility index (Phi) is 5.03. The molecule has 104 valence electrons. The predicted molar refractivity (Wildman–Crippen MR) is 75.3 cm³/mol. The lowest BCUT2D eigenvalue weighted by atomic mass is 10.3. The highest BCUT2D eigenvalue weighted by Crippen LogP contribution is 2.17. The summed E-state index contributed by atoms with van der Waals surface area (Å²) in [5.41, 5.74) is 6.39. The normalized spacial score (nSPS) is 14.5. The van der Waals surface area contributed by atoms with Crippen LogP contribution in [0.15, 0.2) is 24.3 Å². The second-order valence-corrected chi connectivity index (χ2v) is 4.62. The zero-order valence-electron chi connectivity index (χ0n) is 11.1. The zero-order valence-corrected chi connectivity index (χ0v) is 11.1. The summed E-state index contributed by atoms with van der Waals surface area (Å²) in [6, 6.07) is 7.58. The highest BCUT2D eigenvalue weighted by Gasteiger charge is 2.17. The summed E-state index contributed by atoms with van der Waals surface area (Å²) >= 11 is 0. The van der Waals surface area contributed by atoms with Gasteiger partial charge in [-0.05, 0) is 25.0 Å². The van der Waals surface area contributed by atoms with Crippen molar-refractivity contribution in [1.82, 2.24) is 4.90 Å². The molecule has 0 radical (unpaired) electrons. The summed E-state index contributed by atoms with van der Waals surface area (Å²) < 4.78 is 5.54. The number of hydrogen-bond donors (Lipinski definition) is 2. The molecule has 0 atom stereocenters. The van der Waals surface area contributed by atoms with E-state index in [2.05, 4.69) is 5.32 Å². The molecule has 5 heteroatoms. The summed E-state index contributed by atoms with van der Waals surface area (Å²) in [7, 11) is 0. The van der Waals surface area contributed by atoms with Crippen molar-refractivity contribution in [2.24, 2.45) is 5.73 Å². The van der Waals surface area contributed by atoms with Crippen LogP contribution in [0.1, 0.15) is 12.8 Å². The number of nitrogens with one attached hydrogen (secondary N) is 1. The third kappa shape index (κ3) is 4.13. The van der Waals surface area contributed by atoms with Gasteiger partial charge in [0.25, 0.3) is 5.91 Å². The van der Waals surface area contributed by atoms with Crippen LogP contribution in [0.2, 0.25) is 0 Å². The number of likely N-dealkylation sites (tertiary alicyclic amines) is 1. The first-order valence-electron chi connectivity index (χ1n) is 6.74. The van der Waals surface area contributed by atoms with Crippen LogP contribution in [0.3, 0.4) is 0 Å². The van der Waals surface area contributed by atoms with Gasteiger partial charge in [0, 0.05) is 37.9 Å². The molecule has 0 aliphatic carbocycles. The van der Waals surface area contributed by atoms with Crippen molar-refractivity contribution in [2.75, 3.05) is 38.1 Å². The average molecular weight is 263 g/mol. The van der Waals surface area contributed by atoms with Crippen LogP contribution in [-0.2, 0) is 4.79 Å². The SMILES string of the molecule is NCCNc1cccc(OCC(=O)N2CCCC2)c1. The molecule has 1 amide bonds. The molecule has 3 N–H and O–H groups in total. The number of hydrogen-bond acceptors (Lipinski definition) is 4. The predicted octanol–water partition coefficient (Wildman–Crippen LogP) is 1.06. The molecule has 1 aliphatic heterocycles. The Morgan fingerprint density at radius 3 is 2.89 bits per heavy atom. The largest absolute Gasteiger partial charge is 0.484 e. The van der Waals surface area contributed by atoms with Crippen molar-refractivity contribution in [3.63, 3.8) is 0 Å². The zero-order chi connectivity index (χ0) is 13.5. The van der Waals surface area contributed by atoms with Gasteiger partial charge in [-0.1, -0.05) is 6.07 Å². The second-order valence-electron chi connectivity index (χ2n) is 4.62. The molecule has 1 aliphatic rings. The number of anilines is 1. The molecule has 19 heavy (non-hydrogen) atoms. The van der Waals surface area contributed by atoms with Gasteiger partial charge >= 0.3 is 0 Å². The molecule has 1 fully saturated rings. The van der Waals surface area contributed by atoms with Crippen LogP contribution in [0.25, 0.3) is 0 Å². The Hall–Kier alpha value is -1.75. The quantitative estimate of drug-likeness (QED) is 0.805. The van der Waals surface area contributed by atoms with Crippen LogP contribution >= 0.6 is 0 Å². The van der Waals surface area contributed by atoms with E-state index in [0.29, 0.717) is 12.3 Å². The van der Waals surface area contributed by atoms with Crippen LogP contribution < -0.4 is 15.8 Å². The molecule has 0 aromatic heterocycles. The number of ether oxygens (including phenoxy) is 1. The first-order valence-corrected chi connectivity index (χ1v) is 6.74. The van der Waals surface area contributed by atoms with Gasteiger partial charge in [0.2, 0.25) is 0 Å². The van der Waals surface area contributed by atoms with Gasteiger partial charge in [0.05, 0.1) is 0 Å². The van der Waals surface area contributed by atoms with Gasteiger partial charge in [-0.3, -0.25) is 4.79 Å². The summed E-state index contributed by atoms with van der Waals surface area (Å²) in [5.74, 6) is 0.771. The smallest absolute Gasteiger partial charge is 0.260 e. The van der Waals surface area contributed by atoms with E-state index in [1.165, 1.54) is 0 Å². The number of benzene rings is 1. The van der Waals surface area contributed by atoms with Gasteiger partial charge in [-0.2, -0.15) is 0 Å². The fourth-order valence-corrected chi connectivity index (χ4v) is 2.12. The lowest BCUT2D eigenvalue weighted by Crippen LogP contribution is -2.32. The third-order valence-electron chi connectivity index (χ3n) is 3.13. The number of amides is 1. The Balaban J connectivity index is 1.83. The third-order valence-corrected chi connectivity index (χ3v) is 3.13. The first kappa shape index (κ1) is 13.7. The number of rotatable bonds is 6. The van der Waals surface area contributed by atoms with E-state index in [0.717, 1.165) is 38.2 Å². The Bertz CT molecular complexity index is 417. The molecular weight excluding hydrogens is 242 g/mol. The van der Waals surface area contributed by atoms with Crippen LogP contribution in [0.4, 0.5) is 5.69 Å². The van der Waals surface area contributed by atoms with Gasteiger partial charge in [-0.15, -0.1) is 0 Å². The van der Waals surface area contributed by atoms with Crippen LogP contribution in [0, 0.1) is 0 Å². The molecular formula is C14H21N3O2. The molecule has 1 aromatic carbocycles. The second kappa shape index (κ2) is 6.99. The minimum Gasteiger partial charge on any atom is -0.484 e. The van der Waals surface area contributed by atoms with Crippen LogP contribution in [-0.4, -0.2) is 43.6 Å². The summed E-state index contributed by atoms with van der Waals surface area (Å²) in [5, 5.41) is 3.18. The lowest BCUT2D eigenvalue weighted by molar-refractivity contribution is -0.132. The molecule has 1 heterocycles. The number of nitrogens with zero attached hydrogens (tertiary/aromatic N) is 1. The molecule has 0 unspecified atom stereocenters. The van der Waals surface area contributed by atoms with Crippen molar-refractivity contribution >= 4 is 11.6 Å². The molecule has 1 saturated heterocycles. The van der Waals surface area contributed by atoms with Crippen molar-refractivity contribution in [3.8, 4) is 5.75 Å². The monoisotopic (exact) mass is 263 g/mol. The van der Waals surface area contributed by atoms with Gasteiger partial charge in [-0.25, -0.2) is 0 Å². The summed E-state index contributed by atoms with van der Waals surface area (Å²) in [6.45, 7) is 3.13. The summed E-state index contributed by atoms with van der Waals surface area (Å²) in [4.78, 5) is 13.7. The van der Waals surface area contributed by atoms with E-state index in [1.807, 2.05) is 29.2 Å². The minimum atomic E-state index is 0.0674. The lowest BCUT2D eigenvalue weighted by Gasteiger charge is -2.15. The molecule has 1 aromatic rings. The minimum absolute atomic E-state index is 0.0674. The van der Waals surface area contributed by atoms with E-state index in [-0.39, 0.29) is 12.5 Å². The van der Waals surface area contributed by atoms with Crippen molar-refractivity contribution in [2.45, 2.75) is 12.8 Å². The maximum atomic E-state index is 11.8. The standard InChI is InChI=1S/C14H21N3O2/c15-6-7-16-12-4-3-5-13(10-12)19-11-14(18)17-8-1-2-9-17/h3-5,10,16H,1-2,6-9,11,15H2. The van der Waals surface area contributed by atoms with E-state index in [1.54, 1.807) is 0 Å². The molecule has 0 spiro atoms. The van der Waals surface area contributed by atoms with E-state index in [4.69, 9.17) is 10.5 Å². The highest BCUT2D eigenvalue weighted by molar-refractivity contribution is 5.78. The van der Waals surface area contributed by atoms with E-state index in [9.17, 15) is 4.79 Å². The first-order chi connectivity index (χ1) is 9.29. The maximum Gasteiger partial charge on any atom is 0.260 e. The van der Waals surface area contributed by atoms with Crippen molar-refractivity contribution < 1.29 is 9.53 Å². The number of carbonyl (C=O) groups is 1. The molecule has 5 nitrogen and oxygen atoms in total. The molecule has 0 bridgehead atoms. The highest BCUT2D eigenvalue weighted by atomic mass is 16.5. The molecule has 0 saturated carbocycles. The Morgan fingerprint density at radius 2 is 2.16 bits per heavy atom. The Labute approximate surface area is 113 Å². The van der Waals surface area contributed by atoms with Crippen molar-refractivity contribution in [3.05, 3.63) is 24.3 Å². The van der Waals surface area contributed by atoms with Crippen molar-refractivity contribution in [1.29, 1.82) is 0 Å². The summed E-state index contributed by atoms with van der Waals surface area (Å²) in [6.07, 6.45) is 2.20. The number of nitrogens with two attached hydrogens (primary N) is 1.